The third-order valence-corrected chi connectivity index (χ3v) is 4.10. The molecule has 8 heteroatoms. The molecule has 0 spiro atoms. The third kappa shape index (κ3) is 6.23. The fourth-order valence-corrected chi connectivity index (χ4v) is 2.95. The molecule has 0 N–H and O–H groups in total. The average Bonchev–Trinajstić information content (AvgIpc) is 2.87. The first kappa shape index (κ1) is 20.7. The van der Waals surface area contributed by atoms with Gasteiger partial charge in [0, 0.05) is 19.2 Å². The van der Waals surface area contributed by atoms with Crippen LogP contribution in [0, 0.1) is 10.1 Å². The molecule has 0 saturated carbocycles. The van der Waals surface area contributed by atoms with Crippen LogP contribution in [0.4, 0.5) is 11.4 Å². The normalized spacial score (nSPS) is 15.0. The Morgan fingerprint density at radius 3 is 2.33 bits per heavy atom. The number of carbonyl (C=O) groups excluding carboxylic acids is 2. The number of nitro groups is 1. The molecule has 0 aliphatic carbocycles. The maximum atomic E-state index is 12.2. The number of ether oxygens (including phenoxy) is 2. The van der Waals surface area contributed by atoms with Crippen LogP contribution in [-0.4, -0.2) is 42.2 Å². The zero-order valence-electron chi connectivity index (χ0n) is 16.0. The smallest absolute Gasteiger partial charge is 0.344 e. The standard InChI is InChI=1S/C19H26N2O6/c1-19(2,3)27-17(22)13-26-18(23)14-8-9-15(16(12-14)21(24)25)20-10-6-4-5-7-11-20/h8-9,12H,4-7,10-11,13H2,1-3H3. The van der Waals surface area contributed by atoms with Gasteiger partial charge in [0.25, 0.3) is 5.69 Å². The molecule has 1 aromatic rings. The maximum absolute atomic E-state index is 12.2. The number of benzene rings is 1. The molecule has 1 saturated heterocycles. The highest BCUT2D eigenvalue weighted by atomic mass is 16.6. The van der Waals surface area contributed by atoms with Crippen LogP contribution in [-0.2, 0) is 14.3 Å². The molecule has 0 atom stereocenters. The van der Waals surface area contributed by atoms with E-state index in [1.807, 2.05) is 4.90 Å². The summed E-state index contributed by atoms with van der Waals surface area (Å²) in [5.74, 6) is -1.47. The average molecular weight is 378 g/mol. The first-order chi connectivity index (χ1) is 12.7. The van der Waals surface area contributed by atoms with E-state index in [4.69, 9.17) is 9.47 Å². The molecule has 1 fully saturated rings. The summed E-state index contributed by atoms with van der Waals surface area (Å²) >= 11 is 0. The molecule has 8 nitrogen and oxygen atoms in total. The van der Waals surface area contributed by atoms with Crippen LogP contribution in [0.5, 0.6) is 0 Å². The highest BCUT2D eigenvalue weighted by molar-refractivity contribution is 5.92. The van der Waals surface area contributed by atoms with Gasteiger partial charge in [0.1, 0.15) is 11.3 Å². The highest BCUT2D eigenvalue weighted by Gasteiger charge is 2.24. The van der Waals surface area contributed by atoms with Crippen molar-refractivity contribution in [1.82, 2.24) is 0 Å². The molecule has 0 aromatic heterocycles. The van der Waals surface area contributed by atoms with E-state index in [0.29, 0.717) is 5.69 Å². The van der Waals surface area contributed by atoms with Crippen molar-refractivity contribution < 1.29 is 24.0 Å². The van der Waals surface area contributed by atoms with E-state index in [2.05, 4.69) is 0 Å². The van der Waals surface area contributed by atoms with E-state index >= 15 is 0 Å². The summed E-state index contributed by atoms with van der Waals surface area (Å²) in [4.78, 5) is 36.8. The maximum Gasteiger partial charge on any atom is 0.344 e. The van der Waals surface area contributed by atoms with Crippen LogP contribution in [0.25, 0.3) is 0 Å². The van der Waals surface area contributed by atoms with Crippen LogP contribution in [0.2, 0.25) is 0 Å². The second kappa shape index (κ2) is 8.83. The molecule has 1 aromatic carbocycles. The first-order valence-corrected chi connectivity index (χ1v) is 9.10. The summed E-state index contributed by atoms with van der Waals surface area (Å²) in [5.41, 5.74) is -0.282. The molecule has 0 unspecified atom stereocenters. The fraction of sp³-hybridized carbons (Fsp3) is 0.579. The van der Waals surface area contributed by atoms with Gasteiger partial charge >= 0.3 is 11.9 Å². The lowest BCUT2D eigenvalue weighted by Gasteiger charge is -2.22. The van der Waals surface area contributed by atoms with Crippen LogP contribution in [0.15, 0.2) is 18.2 Å². The summed E-state index contributed by atoms with van der Waals surface area (Å²) in [6.45, 7) is 6.08. The van der Waals surface area contributed by atoms with E-state index in [1.54, 1.807) is 26.8 Å². The minimum absolute atomic E-state index is 0.0313. The van der Waals surface area contributed by atoms with E-state index in [0.717, 1.165) is 38.8 Å². The minimum Gasteiger partial charge on any atom is -0.457 e. The van der Waals surface area contributed by atoms with Crippen LogP contribution in [0.3, 0.4) is 0 Å². The Balaban J connectivity index is 2.11. The Labute approximate surface area is 158 Å². The van der Waals surface area contributed by atoms with Crippen LogP contribution < -0.4 is 4.90 Å². The SMILES string of the molecule is CC(C)(C)OC(=O)COC(=O)c1ccc(N2CCCCCC2)c([N+](=O)[O-])c1. The summed E-state index contributed by atoms with van der Waals surface area (Å²) in [7, 11) is 0. The van der Waals surface area contributed by atoms with Gasteiger partial charge in [-0.25, -0.2) is 9.59 Å². The van der Waals surface area contributed by atoms with Gasteiger partial charge in [0.05, 0.1) is 10.5 Å². The van der Waals surface area contributed by atoms with Gasteiger partial charge in [-0.1, -0.05) is 12.8 Å². The molecule has 0 radical (unpaired) electrons. The van der Waals surface area contributed by atoms with Crippen molar-refractivity contribution in [3.63, 3.8) is 0 Å². The number of hydrogen-bond donors (Lipinski definition) is 0. The van der Waals surface area contributed by atoms with Crippen molar-refractivity contribution in [3.8, 4) is 0 Å². The molecule has 0 amide bonds. The topological polar surface area (TPSA) is 99.0 Å². The lowest BCUT2D eigenvalue weighted by Crippen LogP contribution is -2.27. The lowest BCUT2D eigenvalue weighted by atomic mass is 10.1. The predicted octanol–water partition coefficient (Wildman–Crippen LogP) is 3.47. The summed E-state index contributed by atoms with van der Waals surface area (Å²) < 4.78 is 9.99. The molecule has 0 bridgehead atoms. The summed E-state index contributed by atoms with van der Waals surface area (Å²) in [6, 6.07) is 4.27. The second-order valence-corrected chi connectivity index (χ2v) is 7.52. The quantitative estimate of drug-likeness (QED) is 0.439. The van der Waals surface area contributed by atoms with Crippen LogP contribution >= 0.6 is 0 Å². The van der Waals surface area contributed by atoms with Gasteiger partial charge in [-0.3, -0.25) is 10.1 Å². The zero-order chi connectivity index (χ0) is 20.0. The van der Waals surface area contributed by atoms with Crippen molar-refractivity contribution in [2.75, 3.05) is 24.6 Å². The number of rotatable bonds is 5. The number of nitrogens with zero attached hydrogens (tertiary/aromatic N) is 2. The number of carbonyl (C=O) groups is 2. The van der Waals surface area contributed by atoms with E-state index in [-0.39, 0.29) is 11.3 Å². The largest absolute Gasteiger partial charge is 0.457 e. The van der Waals surface area contributed by atoms with Gasteiger partial charge in [0.15, 0.2) is 6.61 Å². The van der Waals surface area contributed by atoms with E-state index in [9.17, 15) is 19.7 Å². The predicted molar refractivity (Wildman–Crippen MR) is 99.9 cm³/mol. The molecule has 1 heterocycles. The van der Waals surface area contributed by atoms with Gasteiger partial charge in [-0.05, 0) is 45.7 Å². The molecular weight excluding hydrogens is 352 g/mol. The Hall–Kier alpha value is -2.64. The fourth-order valence-electron chi connectivity index (χ4n) is 2.95. The molecule has 2 rings (SSSR count). The zero-order valence-corrected chi connectivity index (χ0v) is 16.0. The van der Waals surface area contributed by atoms with Gasteiger partial charge in [-0.15, -0.1) is 0 Å². The lowest BCUT2D eigenvalue weighted by molar-refractivity contribution is -0.384. The summed E-state index contributed by atoms with van der Waals surface area (Å²) in [6.07, 6.45) is 4.19. The summed E-state index contributed by atoms with van der Waals surface area (Å²) in [5, 5.41) is 11.5. The van der Waals surface area contributed by atoms with Gasteiger partial charge in [-0.2, -0.15) is 0 Å². The molecule has 148 valence electrons. The third-order valence-electron chi connectivity index (χ3n) is 4.10. The first-order valence-electron chi connectivity index (χ1n) is 9.10. The van der Waals surface area contributed by atoms with Gasteiger partial charge in [0.2, 0.25) is 0 Å². The monoisotopic (exact) mass is 378 g/mol. The van der Waals surface area contributed by atoms with Gasteiger partial charge < -0.3 is 14.4 Å². The van der Waals surface area contributed by atoms with Crippen molar-refractivity contribution >= 4 is 23.3 Å². The second-order valence-electron chi connectivity index (χ2n) is 7.52. The van der Waals surface area contributed by atoms with Crippen LogP contribution in [0.1, 0.15) is 56.8 Å². The Bertz CT molecular complexity index is 703. The number of anilines is 1. The number of nitro benzene ring substituents is 1. The minimum atomic E-state index is -0.800. The Kier molecular flexibility index (Phi) is 6.76. The highest BCUT2D eigenvalue weighted by Crippen LogP contribution is 2.31. The number of esters is 2. The molecule has 27 heavy (non-hydrogen) atoms. The molecule has 1 aliphatic heterocycles. The van der Waals surface area contributed by atoms with Crippen molar-refractivity contribution in [1.29, 1.82) is 0 Å². The molecule has 1 aliphatic rings. The Morgan fingerprint density at radius 1 is 1.15 bits per heavy atom. The van der Waals surface area contributed by atoms with E-state index < -0.39 is 29.1 Å². The Morgan fingerprint density at radius 2 is 1.78 bits per heavy atom. The van der Waals surface area contributed by atoms with E-state index in [1.165, 1.54) is 12.1 Å². The van der Waals surface area contributed by atoms with Crippen molar-refractivity contribution in [2.24, 2.45) is 0 Å². The molecular formula is C19H26N2O6. The van der Waals surface area contributed by atoms with Crippen molar-refractivity contribution in [2.45, 2.75) is 52.1 Å². The number of hydrogen-bond acceptors (Lipinski definition) is 7. The van der Waals surface area contributed by atoms with Crippen molar-refractivity contribution in [3.05, 3.63) is 33.9 Å².